The predicted molar refractivity (Wildman–Crippen MR) is 146 cm³/mol. The maximum Gasteiger partial charge on any atom is 0.337 e. The van der Waals surface area contributed by atoms with E-state index in [1.54, 1.807) is 18.2 Å². The van der Waals surface area contributed by atoms with Gasteiger partial charge in [0.15, 0.2) is 4.80 Å². The quantitative estimate of drug-likeness (QED) is 0.306. The van der Waals surface area contributed by atoms with Crippen LogP contribution in [0, 0.1) is 11.8 Å². The van der Waals surface area contributed by atoms with E-state index in [1.165, 1.54) is 47.0 Å². The fourth-order valence-electron chi connectivity index (χ4n) is 4.79. The molecular formula is C27H33N3O6S2. The molecule has 2 unspecified atom stereocenters. The average Bonchev–Trinajstić information content (AvgIpc) is 3.23. The predicted octanol–water partition coefficient (Wildman–Crippen LogP) is 3.93. The highest BCUT2D eigenvalue weighted by Crippen LogP contribution is 2.27. The van der Waals surface area contributed by atoms with Crippen molar-refractivity contribution < 1.29 is 27.5 Å². The summed E-state index contributed by atoms with van der Waals surface area (Å²) in [4.78, 5) is 30.1. The van der Waals surface area contributed by atoms with Gasteiger partial charge in [-0.05, 0) is 67.6 Å². The maximum atomic E-state index is 13.2. The summed E-state index contributed by atoms with van der Waals surface area (Å²) in [5.74, 6) is -0.335. The van der Waals surface area contributed by atoms with Gasteiger partial charge < -0.3 is 14.0 Å². The second kappa shape index (κ2) is 11.9. The first-order valence-electron chi connectivity index (χ1n) is 12.6. The Labute approximate surface area is 226 Å². The Morgan fingerprint density at radius 3 is 2.34 bits per heavy atom. The molecule has 0 saturated carbocycles. The average molecular weight is 560 g/mol. The van der Waals surface area contributed by atoms with Crippen LogP contribution < -0.4 is 4.80 Å². The number of thiazole rings is 1. The number of sulfonamides is 1. The lowest BCUT2D eigenvalue weighted by molar-refractivity contribution is 0.0600. The Bertz CT molecular complexity index is 1480. The monoisotopic (exact) mass is 559 g/mol. The summed E-state index contributed by atoms with van der Waals surface area (Å²) in [5, 5.41) is 0. The second-order valence-electron chi connectivity index (χ2n) is 9.62. The molecule has 3 aromatic rings. The van der Waals surface area contributed by atoms with Crippen LogP contribution in [0.1, 0.15) is 47.9 Å². The summed E-state index contributed by atoms with van der Waals surface area (Å²) < 4.78 is 40.9. The number of esters is 1. The highest BCUT2D eigenvalue weighted by molar-refractivity contribution is 7.89. The first-order chi connectivity index (χ1) is 18.1. The zero-order valence-corrected chi connectivity index (χ0v) is 23.7. The van der Waals surface area contributed by atoms with Crippen LogP contribution in [-0.2, 0) is 26.0 Å². The van der Waals surface area contributed by atoms with Crippen molar-refractivity contribution in [3.8, 4) is 0 Å². The van der Waals surface area contributed by atoms with E-state index in [0.29, 0.717) is 55.0 Å². The number of rotatable bonds is 8. The molecule has 2 atom stereocenters. The minimum absolute atomic E-state index is 0.166. The fraction of sp³-hybridized carbons (Fsp3) is 0.444. The van der Waals surface area contributed by atoms with Crippen molar-refractivity contribution in [3.05, 3.63) is 58.4 Å². The molecule has 0 N–H and O–H groups in total. The van der Waals surface area contributed by atoms with Crippen molar-refractivity contribution in [3.63, 3.8) is 0 Å². The molecular weight excluding hydrogens is 526 g/mol. The lowest BCUT2D eigenvalue weighted by Crippen LogP contribution is -2.42. The number of nitrogens with zero attached hydrogens (tertiary/aromatic N) is 3. The van der Waals surface area contributed by atoms with Crippen LogP contribution in [0.2, 0.25) is 0 Å². The van der Waals surface area contributed by atoms with Crippen LogP contribution in [0.15, 0.2) is 52.4 Å². The lowest BCUT2D eigenvalue weighted by Gasteiger charge is -2.34. The largest absolute Gasteiger partial charge is 0.465 e. The van der Waals surface area contributed by atoms with Crippen LogP contribution >= 0.6 is 11.3 Å². The van der Waals surface area contributed by atoms with Gasteiger partial charge in [0.25, 0.3) is 5.91 Å². The first-order valence-corrected chi connectivity index (χ1v) is 14.9. The third kappa shape index (κ3) is 6.06. The number of hydrogen-bond acceptors (Lipinski definition) is 7. The first kappa shape index (κ1) is 28.2. The number of benzene rings is 2. The minimum Gasteiger partial charge on any atom is -0.465 e. The zero-order chi connectivity index (χ0) is 27.4. The number of ether oxygens (including phenoxy) is 2. The molecule has 2 aromatic carbocycles. The molecule has 1 fully saturated rings. The van der Waals surface area contributed by atoms with Crippen LogP contribution in [0.4, 0.5) is 0 Å². The number of methoxy groups -OCH3 is 1. The van der Waals surface area contributed by atoms with Crippen molar-refractivity contribution in [1.82, 2.24) is 8.87 Å². The van der Waals surface area contributed by atoms with E-state index in [0.717, 1.165) is 16.6 Å². The fourth-order valence-corrected chi connectivity index (χ4v) is 7.56. The Morgan fingerprint density at radius 2 is 1.71 bits per heavy atom. The molecule has 0 spiro atoms. The van der Waals surface area contributed by atoms with E-state index in [9.17, 15) is 18.0 Å². The Morgan fingerprint density at radius 1 is 1.05 bits per heavy atom. The van der Waals surface area contributed by atoms with Gasteiger partial charge in [-0.15, -0.1) is 0 Å². The molecule has 9 nitrogen and oxygen atoms in total. The van der Waals surface area contributed by atoms with E-state index >= 15 is 0 Å². The van der Waals surface area contributed by atoms with Gasteiger partial charge in [0, 0.05) is 31.8 Å². The molecule has 1 aliphatic rings. The molecule has 0 radical (unpaired) electrons. The van der Waals surface area contributed by atoms with Crippen molar-refractivity contribution in [2.45, 2.75) is 38.6 Å². The Kier molecular flexibility index (Phi) is 8.81. The highest BCUT2D eigenvalue weighted by atomic mass is 32.2. The summed E-state index contributed by atoms with van der Waals surface area (Å²) in [7, 11) is -2.32. The molecule has 0 bridgehead atoms. The summed E-state index contributed by atoms with van der Waals surface area (Å²) in [6.45, 7) is 8.49. The molecule has 2 heterocycles. The van der Waals surface area contributed by atoms with Gasteiger partial charge in [-0.25, -0.2) is 13.2 Å². The van der Waals surface area contributed by atoms with Gasteiger partial charge in [-0.1, -0.05) is 25.2 Å². The molecule has 38 heavy (non-hydrogen) atoms. The van der Waals surface area contributed by atoms with Gasteiger partial charge in [0.2, 0.25) is 10.0 Å². The summed E-state index contributed by atoms with van der Waals surface area (Å²) in [6.07, 6.45) is 1.01. The van der Waals surface area contributed by atoms with Crippen LogP contribution in [0.5, 0.6) is 0 Å². The van der Waals surface area contributed by atoms with Gasteiger partial charge in [-0.2, -0.15) is 9.30 Å². The van der Waals surface area contributed by atoms with Crippen molar-refractivity contribution in [2.75, 3.05) is 33.4 Å². The summed E-state index contributed by atoms with van der Waals surface area (Å²) >= 11 is 1.28. The molecule has 1 amide bonds. The normalized spacial score (nSPS) is 19.1. The van der Waals surface area contributed by atoms with Gasteiger partial charge >= 0.3 is 5.97 Å². The standard InChI is InChI=1S/C27H33N3O6S2/c1-5-36-13-12-30-23-11-8-21(26(32)35-4)15-24(23)37-27(30)28-25(31)20-6-9-22(10-7-20)38(33,34)29-16-18(2)14-19(3)17-29/h6-11,15,18-19H,5,12-14,16-17H2,1-4H3. The molecule has 1 aliphatic heterocycles. The molecule has 204 valence electrons. The number of amides is 1. The number of piperidine rings is 1. The van der Waals surface area contributed by atoms with E-state index in [2.05, 4.69) is 18.8 Å². The smallest absolute Gasteiger partial charge is 0.337 e. The maximum absolute atomic E-state index is 13.2. The third-order valence-corrected chi connectivity index (χ3v) is 9.43. The Balaban J connectivity index is 1.64. The molecule has 0 aliphatic carbocycles. The Hall–Kier alpha value is -2.86. The van der Waals surface area contributed by atoms with Crippen LogP contribution in [-0.4, -0.2) is 62.6 Å². The van der Waals surface area contributed by atoms with Crippen LogP contribution in [0.25, 0.3) is 10.2 Å². The molecule has 11 heteroatoms. The molecule has 1 aromatic heterocycles. The number of aromatic nitrogens is 1. The van der Waals surface area contributed by atoms with Crippen molar-refractivity contribution in [2.24, 2.45) is 16.8 Å². The number of hydrogen-bond donors (Lipinski definition) is 0. The minimum atomic E-state index is -3.64. The van der Waals surface area contributed by atoms with E-state index < -0.39 is 21.9 Å². The van der Waals surface area contributed by atoms with Crippen molar-refractivity contribution in [1.29, 1.82) is 0 Å². The molecule has 4 rings (SSSR count). The number of carbonyl (C=O) groups is 2. The summed E-state index contributed by atoms with van der Waals surface area (Å²) in [6, 6.07) is 11.1. The SMILES string of the molecule is CCOCCn1c(=NC(=O)c2ccc(S(=O)(=O)N3CC(C)CC(C)C3)cc2)sc2cc(C(=O)OC)ccc21. The van der Waals surface area contributed by atoms with Gasteiger partial charge in [0.1, 0.15) is 0 Å². The lowest BCUT2D eigenvalue weighted by atomic mass is 9.94. The van der Waals surface area contributed by atoms with Gasteiger partial charge in [0.05, 0.1) is 34.4 Å². The van der Waals surface area contributed by atoms with Crippen molar-refractivity contribution >= 4 is 43.5 Å². The summed E-state index contributed by atoms with van der Waals surface area (Å²) in [5.41, 5.74) is 1.51. The van der Waals surface area contributed by atoms with E-state index in [4.69, 9.17) is 9.47 Å². The zero-order valence-electron chi connectivity index (χ0n) is 22.0. The van der Waals surface area contributed by atoms with E-state index in [-0.39, 0.29) is 10.5 Å². The topological polar surface area (TPSA) is 107 Å². The van der Waals surface area contributed by atoms with Gasteiger partial charge in [-0.3, -0.25) is 4.79 Å². The highest BCUT2D eigenvalue weighted by Gasteiger charge is 2.31. The second-order valence-corrected chi connectivity index (χ2v) is 12.6. The number of fused-ring (bicyclic) bond motifs is 1. The third-order valence-electron chi connectivity index (χ3n) is 6.54. The van der Waals surface area contributed by atoms with E-state index in [1.807, 2.05) is 11.5 Å². The van der Waals surface area contributed by atoms with Crippen LogP contribution in [0.3, 0.4) is 0 Å². The molecule has 1 saturated heterocycles. The number of carbonyl (C=O) groups excluding carboxylic acids is 2.